The van der Waals surface area contributed by atoms with Crippen molar-refractivity contribution in [2.75, 3.05) is 0 Å². The van der Waals surface area contributed by atoms with Gasteiger partial charge >= 0.3 is 0 Å². The fourth-order valence-corrected chi connectivity index (χ4v) is 2.35. The average molecular weight is 286 g/mol. The smallest absolute Gasteiger partial charge is 0.151 e. The third kappa shape index (κ3) is 1.78. The molecule has 0 saturated carbocycles. The van der Waals surface area contributed by atoms with E-state index in [0.29, 0.717) is 10.2 Å². The molecule has 1 aromatic heterocycles. The van der Waals surface area contributed by atoms with Crippen LogP contribution < -0.4 is 0 Å². The van der Waals surface area contributed by atoms with Crippen molar-refractivity contribution in [3.63, 3.8) is 0 Å². The molecule has 4 heteroatoms. The fraction of sp³-hybridized carbons (Fsp3) is 0.167. The molecule has 0 aliphatic carbocycles. The van der Waals surface area contributed by atoms with Crippen LogP contribution >= 0.6 is 15.9 Å². The summed E-state index contributed by atoms with van der Waals surface area (Å²) < 4.78 is 28.9. The number of rotatable bonds is 1. The van der Waals surface area contributed by atoms with Gasteiger partial charge in [-0.2, -0.15) is 0 Å². The van der Waals surface area contributed by atoms with E-state index in [9.17, 15) is 8.78 Å². The van der Waals surface area contributed by atoms with Crippen molar-refractivity contribution in [2.45, 2.75) is 13.8 Å². The molecule has 0 atom stereocenters. The molecular formula is C12H10BrF2N. The molecule has 2 aromatic rings. The lowest BCUT2D eigenvalue weighted by atomic mass is 10.2. The van der Waals surface area contributed by atoms with Crippen LogP contribution in [-0.2, 0) is 0 Å². The second kappa shape index (κ2) is 4.01. The summed E-state index contributed by atoms with van der Waals surface area (Å²) in [7, 11) is 0. The summed E-state index contributed by atoms with van der Waals surface area (Å²) >= 11 is 3.19. The van der Waals surface area contributed by atoms with Crippen molar-refractivity contribution in [3.8, 4) is 5.69 Å². The molecule has 0 saturated heterocycles. The van der Waals surface area contributed by atoms with E-state index in [0.717, 1.165) is 17.5 Å². The molecule has 1 heterocycles. The van der Waals surface area contributed by atoms with Gasteiger partial charge in [0.1, 0.15) is 5.82 Å². The van der Waals surface area contributed by atoms with Crippen molar-refractivity contribution in [1.82, 2.24) is 4.57 Å². The molecule has 0 fully saturated rings. The maximum atomic E-state index is 13.7. The molecule has 1 nitrogen and oxygen atoms in total. The van der Waals surface area contributed by atoms with Gasteiger partial charge in [0.25, 0.3) is 0 Å². The van der Waals surface area contributed by atoms with E-state index in [4.69, 9.17) is 0 Å². The van der Waals surface area contributed by atoms with Crippen molar-refractivity contribution in [3.05, 3.63) is 51.8 Å². The minimum Gasteiger partial charge on any atom is -0.315 e. The molecular weight excluding hydrogens is 276 g/mol. The highest BCUT2D eigenvalue weighted by Crippen LogP contribution is 2.28. The first-order valence-electron chi connectivity index (χ1n) is 4.80. The molecule has 0 radical (unpaired) electrons. The molecule has 84 valence electrons. The summed E-state index contributed by atoms with van der Waals surface area (Å²) in [4.78, 5) is 0. The van der Waals surface area contributed by atoms with Gasteiger partial charge in [0.05, 0.1) is 5.69 Å². The lowest BCUT2D eigenvalue weighted by Gasteiger charge is -2.12. The van der Waals surface area contributed by atoms with E-state index in [1.807, 2.05) is 26.0 Å². The van der Waals surface area contributed by atoms with Crippen LogP contribution in [0.4, 0.5) is 8.78 Å². The molecule has 0 spiro atoms. The van der Waals surface area contributed by atoms with Gasteiger partial charge in [-0.1, -0.05) is 0 Å². The molecule has 2 rings (SSSR count). The lowest BCUT2D eigenvalue weighted by molar-refractivity contribution is 0.574. The van der Waals surface area contributed by atoms with Crippen LogP contribution in [0.25, 0.3) is 5.69 Å². The van der Waals surface area contributed by atoms with E-state index in [-0.39, 0.29) is 0 Å². The summed E-state index contributed by atoms with van der Waals surface area (Å²) in [6.45, 7) is 3.75. The topological polar surface area (TPSA) is 4.93 Å². The molecule has 0 amide bonds. The maximum absolute atomic E-state index is 13.7. The van der Waals surface area contributed by atoms with Gasteiger partial charge in [-0.15, -0.1) is 0 Å². The Hall–Kier alpha value is -1.16. The first-order chi connectivity index (χ1) is 7.50. The van der Waals surface area contributed by atoms with Crippen LogP contribution in [0.3, 0.4) is 0 Å². The van der Waals surface area contributed by atoms with E-state index < -0.39 is 11.6 Å². The number of benzene rings is 1. The lowest BCUT2D eigenvalue weighted by Crippen LogP contribution is -2.03. The van der Waals surface area contributed by atoms with Crippen LogP contribution in [0.5, 0.6) is 0 Å². The van der Waals surface area contributed by atoms with Crippen molar-refractivity contribution in [2.24, 2.45) is 0 Å². The van der Waals surface area contributed by atoms with Gasteiger partial charge in [0.15, 0.2) is 5.82 Å². The molecule has 0 aliphatic heterocycles. The fourth-order valence-electron chi connectivity index (χ4n) is 1.77. The number of hydrogen-bond donors (Lipinski definition) is 0. The predicted molar refractivity (Wildman–Crippen MR) is 62.9 cm³/mol. The van der Waals surface area contributed by atoms with Crippen molar-refractivity contribution in [1.29, 1.82) is 0 Å². The standard InChI is InChI=1S/C12H10BrF2N/c1-7-3-4-8(2)16(7)12-10(13)5-9(14)6-11(12)15/h3-6H,1-2H3. The summed E-state index contributed by atoms with van der Waals surface area (Å²) in [5.41, 5.74) is 2.16. The van der Waals surface area contributed by atoms with Gasteiger partial charge < -0.3 is 4.57 Å². The zero-order valence-electron chi connectivity index (χ0n) is 8.89. The van der Waals surface area contributed by atoms with E-state index in [1.54, 1.807) is 4.57 Å². The monoisotopic (exact) mass is 285 g/mol. The zero-order valence-corrected chi connectivity index (χ0v) is 10.5. The number of nitrogens with zero attached hydrogens (tertiary/aromatic N) is 1. The highest BCUT2D eigenvalue weighted by atomic mass is 79.9. The zero-order chi connectivity index (χ0) is 11.9. The van der Waals surface area contributed by atoms with Crippen LogP contribution in [0, 0.1) is 25.5 Å². The van der Waals surface area contributed by atoms with E-state index in [1.165, 1.54) is 6.07 Å². The van der Waals surface area contributed by atoms with Gasteiger partial charge in [-0.25, -0.2) is 8.78 Å². The molecule has 1 aromatic carbocycles. The minimum atomic E-state index is -0.587. The Labute approximate surface area is 101 Å². The molecule has 0 unspecified atom stereocenters. The quantitative estimate of drug-likeness (QED) is 0.742. The van der Waals surface area contributed by atoms with Gasteiger partial charge in [0.2, 0.25) is 0 Å². The number of aryl methyl sites for hydroxylation is 2. The van der Waals surface area contributed by atoms with Gasteiger partial charge in [-0.05, 0) is 48.0 Å². The number of hydrogen-bond acceptors (Lipinski definition) is 0. The van der Waals surface area contributed by atoms with Crippen LogP contribution in [0.1, 0.15) is 11.4 Å². The van der Waals surface area contributed by atoms with E-state index in [2.05, 4.69) is 15.9 Å². The average Bonchev–Trinajstić information content (AvgIpc) is 2.47. The van der Waals surface area contributed by atoms with Gasteiger partial charge in [-0.3, -0.25) is 0 Å². The number of halogens is 3. The van der Waals surface area contributed by atoms with Crippen molar-refractivity contribution >= 4 is 15.9 Å². The summed E-state index contributed by atoms with van der Waals surface area (Å²) in [6.07, 6.45) is 0. The molecule has 16 heavy (non-hydrogen) atoms. The van der Waals surface area contributed by atoms with Crippen LogP contribution in [0.15, 0.2) is 28.7 Å². The molecule has 0 N–H and O–H groups in total. The third-order valence-electron chi connectivity index (χ3n) is 2.48. The third-order valence-corrected chi connectivity index (χ3v) is 3.08. The summed E-state index contributed by atoms with van der Waals surface area (Å²) in [6, 6.07) is 5.94. The normalized spacial score (nSPS) is 10.8. The highest BCUT2D eigenvalue weighted by molar-refractivity contribution is 9.10. The van der Waals surface area contributed by atoms with E-state index >= 15 is 0 Å². The Kier molecular flexibility index (Phi) is 2.84. The summed E-state index contributed by atoms with van der Waals surface area (Å²) in [5.74, 6) is -1.16. The predicted octanol–water partition coefficient (Wildman–Crippen LogP) is 4.13. The molecule has 0 aliphatic rings. The maximum Gasteiger partial charge on any atom is 0.151 e. The van der Waals surface area contributed by atoms with Crippen LogP contribution in [0.2, 0.25) is 0 Å². The molecule has 0 bridgehead atoms. The van der Waals surface area contributed by atoms with Gasteiger partial charge in [0, 0.05) is 21.9 Å². The highest BCUT2D eigenvalue weighted by Gasteiger charge is 2.14. The second-order valence-corrected chi connectivity index (χ2v) is 4.52. The number of aromatic nitrogens is 1. The Morgan fingerprint density at radius 3 is 2.12 bits per heavy atom. The Morgan fingerprint density at radius 2 is 1.62 bits per heavy atom. The Balaban J connectivity index is 2.74. The first-order valence-corrected chi connectivity index (χ1v) is 5.60. The van der Waals surface area contributed by atoms with Crippen molar-refractivity contribution < 1.29 is 8.78 Å². The second-order valence-electron chi connectivity index (χ2n) is 3.67. The first kappa shape index (κ1) is 11.3. The largest absolute Gasteiger partial charge is 0.315 e. The summed E-state index contributed by atoms with van der Waals surface area (Å²) in [5, 5.41) is 0. The Morgan fingerprint density at radius 1 is 1.06 bits per heavy atom. The van der Waals surface area contributed by atoms with Crippen LogP contribution in [-0.4, -0.2) is 4.57 Å². The Bertz CT molecular complexity index is 503. The SMILES string of the molecule is Cc1ccc(C)n1-c1c(F)cc(F)cc1Br. The minimum absolute atomic E-state index is 0.349.